The molecular weight excluding hydrogens is 499 g/mol. The average molecular weight is 535 g/mol. The third-order valence-corrected chi connectivity index (χ3v) is 12.3. The molecule has 5 atom stereocenters. The van der Waals surface area contributed by atoms with Crippen LogP contribution in [0.2, 0.25) is 18.1 Å². The summed E-state index contributed by atoms with van der Waals surface area (Å²) in [6.07, 6.45) is -1.32. The van der Waals surface area contributed by atoms with Crippen LogP contribution < -0.4 is 0 Å². The molecule has 7 heteroatoms. The summed E-state index contributed by atoms with van der Waals surface area (Å²) in [5.74, 6) is -0.331. The van der Waals surface area contributed by atoms with Gasteiger partial charge in [0.1, 0.15) is 5.60 Å². The van der Waals surface area contributed by atoms with Crippen LogP contribution in [0, 0.1) is 0 Å². The van der Waals surface area contributed by atoms with Gasteiger partial charge < -0.3 is 18.6 Å². The highest BCUT2D eigenvalue weighted by atomic mass is 127. The maximum Gasteiger partial charge on any atom is 0.303 e. The van der Waals surface area contributed by atoms with E-state index < -0.39 is 26.3 Å². The fourth-order valence-electron chi connectivity index (χ4n) is 3.33. The summed E-state index contributed by atoms with van der Waals surface area (Å²) in [6.45, 7) is 16.9. The Morgan fingerprint density at radius 1 is 1.24 bits per heavy atom. The van der Waals surface area contributed by atoms with Crippen LogP contribution in [0.15, 0.2) is 30.3 Å². The summed E-state index contributed by atoms with van der Waals surface area (Å²) in [4.78, 5) is 11.9. The second-order valence-electron chi connectivity index (χ2n) is 9.48. The average Bonchev–Trinajstić information content (AvgIpc) is 2.60. The van der Waals surface area contributed by atoms with Gasteiger partial charge in [0.15, 0.2) is 20.7 Å². The molecule has 0 unspecified atom stereocenters. The maximum atomic E-state index is 11.9. The lowest BCUT2D eigenvalue weighted by molar-refractivity contribution is -0.268. The predicted molar refractivity (Wildman–Crippen MR) is 126 cm³/mol. The van der Waals surface area contributed by atoms with Gasteiger partial charge in [-0.05, 0) is 37.5 Å². The molecule has 1 saturated heterocycles. The van der Waals surface area contributed by atoms with Crippen LogP contribution in [0.4, 0.5) is 0 Å². The van der Waals surface area contributed by atoms with Gasteiger partial charge >= 0.3 is 5.97 Å². The standard InChI is InChI=1S/C22H35IO5Si/c1-15-19(27-16(2)24)22(6,28-29(7,8)21(3,4)5)18(23)20(26-15)25-14-17-12-10-9-11-13-17/h9-13,15,18-20H,14H2,1-8H3/t15-,18-,19-,20+,22-/m0/s1. The van der Waals surface area contributed by atoms with Crippen molar-refractivity contribution in [3.8, 4) is 0 Å². The number of carbonyl (C=O) groups excluding carboxylic acids is 1. The number of rotatable bonds is 6. The van der Waals surface area contributed by atoms with E-state index in [1.807, 2.05) is 44.2 Å². The van der Waals surface area contributed by atoms with E-state index >= 15 is 0 Å². The van der Waals surface area contributed by atoms with Crippen molar-refractivity contribution in [2.45, 2.75) is 94.3 Å². The van der Waals surface area contributed by atoms with Crippen molar-refractivity contribution in [3.63, 3.8) is 0 Å². The molecule has 1 fully saturated rings. The van der Waals surface area contributed by atoms with E-state index in [2.05, 4.69) is 56.5 Å². The highest BCUT2D eigenvalue weighted by Gasteiger charge is 2.58. The van der Waals surface area contributed by atoms with E-state index in [9.17, 15) is 4.79 Å². The third kappa shape index (κ3) is 5.81. The number of benzene rings is 1. The quantitative estimate of drug-likeness (QED) is 0.210. The van der Waals surface area contributed by atoms with Crippen molar-refractivity contribution < 1.29 is 23.4 Å². The Kier molecular flexibility index (Phi) is 7.98. The second-order valence-corrected chi connectivity index (χ2v) is 15.6. The van der Waals surface area contributed by atoms with E-state index in [1.54, 1.807) is 0 Å². The molecule has 1 aliphatic rings. The number of halogens is 1. The van der Waals surface area contributed by atoms with Crippen LogP contribution in [-0.2, 0) is 30.0 Å². The lowest BCUT2D eigenvalue weighted by Gasteiger charge is -2.54. The number of esters is 1. The summed E-state index contributed by atoms with van der Waals surface area (Å²) in [6, 6.07) is 10.0. The van der Waals surface area contributed by atoms with Crippen LogP contribution in [0.5, 0.6) is 0 Å². The molecule has 1 heterocycles. The summed E-state index contributed by atoms with van der Waals surface area (Å²) in [7, 11) is -2.15. The lowest BCUT2D eigenvalue weighted by atomic mass is 9.88. The number of alkyl halides is 1. The molecule has 0 saturated carbocycles. The third-order valence-electron chi connectivity index (χ3n) is 5.96. The van der Waals surface area contributed by atoms with Crippen molar-refractivity contribution in [2.24, 2.45) is 0 Å². The number of hydrogen-bond donors (Lipinski definition) is 0. The Hall–Kier alpha value is -0.483. The number of carbonyl (C=O) groups is 1. The highest BCUT2D eigenvalue weighted by Crippen LogP contribution is 2.46. The monoisotopic (exact) mass is 534 g/mol. The van der Waals surface area contributed by atoms with Crippen LogP contribution in [0.3, 0.4) is 0 Å². The number of ether oxygens (including phenoxy) is 3. The van der Waals surface area contributed by atoms with Crippen LogP contribution >= 0.6 is 22.6 Å². The molecule has 0 N–H and O–H groups in total. The molecule has 0 bridgehead atoms. The van der Waals surface area contributed by atoms with Gasteiger partial charge in [0.05, 0.1) is 16.6 Å². The Morgan fingerprint density at radius 2 is 1.83 bits per heavy atom. The first-order chi connectivity index (χ1) is 13.3. The largest absolute Gasteiger partial charge is 0.457 e. The first kappa shape index (κ1) is 24.8. The molecule has 1 aromatic rings. The van der Waals surface area contributed by atoms with Gasteiger partial charge in [0.25, 0.3) is 0 Å². The van der Waals surface area contributed by atoms with Crippen LogP contribution in [0.25, 0.3) is 0 Å². The molecular formula is C22H35IO5Si. The fraction of sp³-hybridized carbons (Fsp3) is 0.682. The molecule has 29 heavy (non-hydrogen) atoms. The first-order valence-electron chi connectivity index (χ1n) is 10.1. The summed E-state index contributed by atoms with van der Waals surface area (Å²) >= 11 is 2.34. The van der Waals surface area contributed by atoms with E-state index in [-0.39, 0.29) is 21.0 Å². The van der Waals surface area contributed by atoms with E-state index in [1.165, 1.54) is 6.92 Å². The molecule has 1 aliphatic heterocycles. The summed E-state index contributed by atoms with van der Waals surface area (Å²) in [5, 5.41) is 0.0229. The molecule has 164 valence electrons. The van der Waals surface area contributed by atoms with Gasteiger partial charge in [-0.15, -0.1) is 0 Å². The molecule has 0 spiro atoms. The van der Waals surface area contributed by atoms with Crippen molar-refractivity contribution in [2.75, 3.05) is 0 Å². The van der Waals surface area contributed by atoms with Crippen molar-refractivity contribution >= 4 is 36.9 Å². The molecule has 5 nitrogen and oxygen atoms in total. The van der Waals surface area contributed by atoms with Gasteiger partial charge in [0, 0.05) is 6.92 Å². The Labute approximate surface area is 190 Å². The zero-order valence-corrected chi connectivity index (χ0v) is 22.0. The fourth-order valence-corrected chi connectivity index (χ4v) is 6.08. The molecule has 2 rings (SSSR count). The zero-order valence-electron chi connectivity index (χ0n) is 18.8. The molecule has 0 amide bonds. The van der Waals surface area contributed by atoms with Gasteiger partial charge in [-0.3, -0.25) is 4.79 Å². The minimum atomic E-state index is -2.15. The Balaban J connectivity index is 2.30. The minimum Gasteiger partial charge on any atom is -0.457 e. The van der Waals surface area contributed by atoms with Crippen LogP contribution in [0.1, 0.15) is 47.1 Å². The first-order valence-corrected chi connectivity index (χ1v) is 14.3. The molecule has 1 aromatic carbocycles. The Bertz CT molecular complexity index is 690. The maximum absolute atomic E-state index is 11.9. The highest BCUT2D eigenvalue weighted by molar-refractivity contribution is 14.1. The van der Waals surface area contributed by atoms with E-state index in [4.69, 9.17) is 18.6 Å². The second kappa shape index (κ2) is 9.34. The van der Waals surface area contributed by atoms with Crippen molar-refractivity contribution in [1.29, 1.82) is 0 Å². The van der Waals surface area contributed by atoms with Gasteiger partial charge in [0.2, 0.25) is 0 Å². The van der Waals surface area contributed by atoms with Crippen molar-refractivity contribution in [1.82, 2.24) is 0 Å². The normalized spacial score (nSPS) is 30.8. The van der Waals surface area contributed by atoms with Crippen molar-refractivity contribution in [3.05, 3.63) is 35.9 Å². The SMILES string of the molecule is CC(=O)O[C@H]1[C@H](C)O[C@@H](OCc2ccccc2)[C@H](I)[C@]1(C)O[Si](C)(C)C(C)(C)C. The van der Waals surface area contributed by atoms with Crippen LogP contribution in [-0.4, -0.2) is 42.3 Å². The van der Waals surface area contributed by atoms with E-state index in [0.717, 1.165) is 5.56 Å². The minimum absolute atomic E-state index is 0.0229. The topological polar surface area (TPSA) is 54.0 Å². The Morgan fingerprint density at radius 3 is 2.34 bits per heavy atom. The van der Waals surface area contributed by atoms with Gasteiger partial charge in [-0.1, -0.05) is 73.7 Å². The lowest BCUT2D eigenvalue weighted by Crippen LogP contribution is -2.68. The van der Waals surface area contributed by atoms with Gasteiger partial charge in [-0.25, -0.2) is 0 Å². The number of hydrogen-bond acceptors (Lipinski definition) is 5. The van der Waals surface area contributed by atoms with Gasteiger partial charge in [-0.2, -0.15) is 0 Å². The summed E-state index contributed by atoms with van der Waals surface area (Å²) < 4.78 is 24.8. The van der Waals surface area contributed by atoms with E-state index in [0.29, 0.717) is 6.61 Å². The molecule has 0 aliphatic carbocycles. The summed E-state index contributed by atoms with van der Waals surface area (Å²) in [5.41, 5.74) is 0.357. The zero-order chi connectivity index (χ0) is 22.0. The predicted octanol–water partition coefficient (Wildman–Crippen LogP) is 5.46. The molecule has 0 aromatic heterocycles. The molecule has 0 radical (unpaired) electrons. The smallest absolute Gasteiger partial charge is 0.303 e.